The minimum atomic E-state index is -3.49. The van der Waals surface area contributed by atoms with Crippen LogP contribution in [0.5, 0.6) is 0 Å². The average molecular weight is 427 g/mol. The summed E-state index contributed by atoms with van der Waals surface area (Å²) in [4.78, 5) is 15.0. The molecular weight excluding hydrogens is 396 g/mol. The number of ether oxygens (including phenoxy) is 1. The van der Waals surface area contributed by atoms with E-state index >= 15 is 0 Å². The van der Waals surface area contributed by atoms with E-state index in [9.17, 15) is 13.2 Å². The number of likely N-dealkylation sites (tertiary alicyclic amines) is 1. The van der Waals surface area contributed by atoms with E-state index in [1.54, 1.807) is 30.0 Å². The average Bonchev–Trinajstić information content (AvgIpc) is 2.69. The van der Waals surface area contributed by atoms with Crippen molar-refractivity contribution in [2.75, 3.05) is 32.1 Å². The topological polar surface area (TPSA) is 66.9 Å². The summed E-state index contributed by atoms with van der Waals surface area (Å²) in [5.41, 5.74) is 0.923. The highest BCUT2D eigenvalue weighted by Gasteiger charge is 2.29. The maximum absolute atomic E-state index is 12.8. The van der Waals surface area contributed by atoms with Crippen molar-refractivity contribution in [1.82, 2.24) is 9.21 Å². The van der Waals surface area contributed by atoms with Crippen molar-refractivity contribution in [1.29, 1.82) is 0 Å². The Morgan fingerprint density at radius 3 is 2.54 bits per heavy atom. The zero-order valence-electron chi connectivity index (χ0n) is 16.7. The van der Waals surface area contributed by atoms with Crippen molar-refractivity contribution in [3.63, 3.8) is 0 Å². The Kier molecular flexibility index (Phi) is 7.42. The standard InChI is InChI=1S/C20H30N2O4S2/c1-16-5-3-6-17(2)22(16)20(23)15-27-14-18-7-4-8-19(13-18)28(24,25)21-9-11-26-12-10-21/h4,7-8,13,16-17H,3,5-6,9-12,14-15H2,1-2H3/t16-,17-/m0/s1. The van der Waals surface area contributed by atoms with E-state index < -0.39 is 10.0 Å². The molecule has 2 saturated heterocycles. The number of amides is 1. The van der Waals surface area contributed by atoms with Crippen molar-refractivity contribution in [3.8, 4) is 0 Å². The van der Waals surface area contributed by atoms with Crippen molar-refractivity contribution in [2.24, 2.45) is 0 Å². The summed E-state index contributed by atoms with van der Waals surface area (Å²) in [6.45, 7) is 5.90. The summed E-state index contributed by atoms with van der Waals surface area (Å²) >= 11 is 1.55. The Morgan fingerprint density at radius 1 is 1.18 bits per heavy atom. The molecule has 28 heavy (non-hydrogen) atoms. The first-order valence-corrected chi connectivity index (χ1v) is 12.5. The van der Waals surface area contributed by atoms with Crippen molar-refractivity contribution < 1.29 is 17.9 Å². The maximum atomic E-state index is 12.8. The van der Waals surface area contributed by atoms with Crippen LogP contribution in [0.3, 0.4) is 0 Å². The van der Waals surface area contributed by atoms with Gasteiger partial charge in [-0.1, -0.05) is 12.1 Å². The number of rotatable bonds is 6. The van der Waals surface area contributed by atoms with Gasteiger partial charge in [-0.3, -0.25) is 4.79 Å². The first-order valence-electron chi connectivity index (χ1n) is 9.95. The number of benzene rings is 1. The minimum Gasteiger partial charge on any atom is -0.379 e. The number of thioether (sulfide) groups is 1. The van der Waals surface area contributed by atoms with E-state index in [-0.39, 0.29) is 5.91 Å². The molecule has 156 valence electrons. The predicted octanol–water partition coefficient (Wildman–Crippen LogP) is 2.73. The summed E-state index contributed by atoms with van der Waals surface area (Å²) in [6.07, 6.45) is 3.33. The van der Waals surface area contributed by atoms with Crippen LogP contribution in [0.25, 0.3) is 0 Å². The van der Waals surface area contributed by atoms with Crippen molar-refractivity contribution >= 4 is 27.7 Å². The summed E-state index contributed by atoms with van der Waals surface area (Å²) in [7, 11) is -3.49. The second-order valence-electron chi connectivity index (χ2n) is 7.59. The Hall–Kier alpha value is -1.09. The SMILES string of the molecule is C[C@H]1CCC[C@H](C)N1C(=O)CSCc1cccc(S(=O)(=O)N2CCOCC2)c1. The number of hydrogen-bond donors (Lipinski definition) is 0. The van der Waals surface area contributed by atoms with Gasteiger partial charge in [0.1, 0.15) is 0 Å². The first kappa shape index (κ1) is 21.6. The van der Waals surface area contributed by atoms with Gasteiger partial charge in [-0.25, -0.2) is 8.42 Å². The molecule has 2 fully saturated rings. The molecule has 2 atom stereocenters. The number of morpholine rings is 1. The van der Waals surface area contributed by atoms with Crippen LogP contribution < -0.4 is 0 Å². The molecule has 1 aromatic rings. The fourth-order valence-electron chi connectivity index (χ4n) is 3.98. The molecule has 0 N–H and O–H groups in total. The molecule has 0 aliphatic carbocycles. The Labute approximate surface area is 172 Å². The molecule has 2 aliphatic heterocycles. The van der Waals surface area contributed by atoms with E-state index in [4.69, 9.17) is 4.74 Å². The van der Waals surface area contributed by atoms with Gasteiger partial charge in [0.15, 0.2) is 0 Å². The lowest BCUT2D eigenvalue weighted by Crippen LogP contribution is -2.48. The Bertz CT molecular complexity index is 768. The zero-order valence-corrected chi connectivity index (χ0v) is 18.3. The predicted molar refractivity (Wildman–Crippen MR) is 112 cm³/mol. The van der Waals surface area contributed by atoms with E-state index in [0.717, 1.165) is 18.4 Å². The van der Waals surface area contributed by atoms with Gasteiger partial charge in [-0.05, 0) is 50.8 Å². The molecule has 0 aromatic heterocycles. The number of piperidine rings is 1. The van der Waals surface area contributed by atoms with Gasteiger partial charge in [-0.15, -0.1) is 11.8 Å². The van der Waals surface area contributed by atoms with Crippen molar-refractivity contribution in [3.05, 3.63) is 29.8 Å². The third kappa shape index (κ3) is 5.09. The quantitative estimate of drug-likeness (QED) is 0.700. The highest BCUT2D eigenvalue weighted by molar-refractivity contribution is 7.99. The number of nitrogens with zero attached hydrogens (tertiary/aromatic N) is 2. The Balaban J connectivity index is 1.58. The summed E-state index contributed by atoms with van der Waals surface area (Å²) in [5.74, 6) is 1.23. The fraction of sp³-hybridized carbons (Fsp3) is 0.650. The van der Waals surface area contributed by atoms with Gasteiger partial charge in [0.2, 0.25) is 15.9 Å². The lowest BCUT2D eigenvalue weighted by Gasteiger charge is -2.39. The monoisotopic (exact) mass is 426 g/mol. The molecule has 2 aliphatic rings. The van der Waals surface area contributed by atoms with Crippen LogP contribution in [-0.2, 0) is 25.3 Å². The van der Waals surface area contributed by atoms with Crippen LogP contribution >= 0.6 is 11.8 Å². The number of carbonyl (C=O) groups is 1. The molecule has 3 rings (SSSR count). The number of carbonyl (C=O) groups excluding carboxylic acids is 1. The smallest absolute Gasteiger partial charge is 0.243 e. The summed E-state index contributed by atoms with van der Waals surface area (Å²) < 4.78 is 32.3. The van der Waals surface area contributed by atoms with Crippen LogP contribution in [0, 0.1) is 0 Å². The third-order valence-corrected chi connectivity index (χ3v) is 8.37. The molecule has 0 radical (unpaired) electrons. The minimum absolute atomic E-state index is 0.182. The number of sulfonamides is 1. The van der Waals surface area contributed by atoms with Gasteiger partial charge in [0.25, 0.3) is 0 Å². The van der Waals surface area contributed by atoms with Crippen LogP contribution in [0.4, 0.5) is 0 Å². The molecule has 0 spiro atoms. The van der Waals surface area contributed by atoms with Gasteiger partial charge in [0.05, 0.1) is 23.9 Å². The van der Waals surface area contributed by atoms with Gasteiger partial charge >= 0.3 is 0 Å². The lowest BCUT2D eigenvalue weighted by molar-refractivity contribution is -0.134. The van der Waals surface area contributed by atoms with Crippen LogP contribution in [-0.4, -0.2) is 67.7 Å². The van der Waals surface area contributed by atoms with Crippen LogP contribution in [0.1, 0.15) is 38.7 Å². The third-order valence-electron chi connectivity index (χ3n) is 5.48. The second kappa shape index (κ2) is 9.61. The Morgan fingerprint density at radius 2 is 1.86 bits per heavy atom. The van der Waals surface area contributed by atoms with Gasteiger partial charge in [0, 0.05) is 30.9 Å². The highest BCUT2D eigenvalue weighted by atomic mass is 32.2. The van der Waals surface area contributed by atoms with Crippen molar-refractivity contribution in [2.45, 2.75) is 55.8 Å². The summed E-state index contributed by atoms with van der Waals surface area (Å²) in [6, 6.07) is 7.68. The largest absolute Gasteiger partial charge is 0.379 e. The normalized spacial score (nSPS) is 24.3. The zero-order chi connectivity index (χ0) is 20.1. The molecule has 0 unspecified atom stereocenters. The molecule has 8 heteroatoms. The van der Waals surface area contributed by atoms with E-state index in [1.807, 2.05) is 11.0 Å². The molecule has 1 aromatic carbocycles. The molecular formula is C20H30N2O4S2. The molecule has 0 saturated carbocycles. The second-order valence-corrected chi connectivity index (χ2v) is 10.5. The van der Waals surface area contributed by atoms with E-state index in [2.05, 4.69) is 13.8 Å². The van der Waals surface area contributed by atoms with Gasteiger partial charge < -0.3 is 9.64 Å². The molecule has 1 amide bonds. The lowest BCUT2D eigenvalue weighted by atomic mass is 9.98. The first-order chi connectivity index (χ1) is 13.4. The van der Waals surface area contributed by atoms with Gasteiger partial charge in [-0.2, -0.15) is 4.31 Å². The fourth-order valence-corrected chi connectivity index (χ4v) is 6.30. The van der Waals surface area contributed by atoms with E-state index in [1.165, 1.54) is 10.7 Å². The number of hydrogen-bond acceptors (Lipinski definition) is 5. The maximum Gasteiger partial charge on any atom is 0.243 e. The molecule has 2 heterocycles. The highest BCUT2D eigenvalue weighted by Crippen LogP contribution is 2.25. The van der Waals surface area contributed by atoms with E-state index in [0.29, 0.717) is 54.8 Å². The molecule has 6 nitrogen and oxygen atoms in total. The van der Waals surface area contributed by atoms with Crippen LogP contribution in [0.2, 0.25) is 0 Å². The van der Waals surface area contributed by atoms with Crippen LogP contribution in [0.15, 0.2) is 29.2 Å². The molecule has 0 bridgehead atoms. The summed E-state index contributed by atoms with van der Waals surface area (Å²) in [5, 5.41) is 0.